The summed E-state index contributed by atoms with van der Waals surface area (Å²) in [4.78, 5) is 1.08. The Hall–Kier alpha value is -5.84. The molecule has 0 saturated carbocycles. The van der Waals surface area contributed by atoms with Gasteiger partial charge in [-0.2, -0.15) is 42.1 Å². The molecule has 0 bridgehead atoms. The first-order chi connectivity index (χ1) is 24.5. The van der Waals surface area contributed by atoms with Gasteiger partial charge in [0.05, 0.1) is 6.07 Å². The zero-order valence-electron chi connectivity index (χ0n) is 26.6. The summed E-state index contributed by atoms with van der Waals surface area (Å²) in [5, 5.41) is 29.9. The van der Waals surface area contributed by atoms with E-state index in [0.717, 1.165) is 6.08 Å². The summed E-state index contributed by atoms with van der Waals surface area (Å²) in [5.74, 6) is -8.43. The van der Waals surface area contributed by atoms with Crippen LogP contribution >= 0.6 is 11.3 Å². The standard InChI is InChI=1S/C39H18F9N3S/c1-16-7-20(10-27(40)34(16)38(43,44)45)18-3-6-24-26(9-18)31(22(14-50)15-51)37-33(24)32-23-5-4-19(8-25(23)30(17(2)13-49)36(32)52-37)21-11-28(41)35(29(42)12-21)39(46,47)48/h3-12,16,34H,1-2H3/b30-17+. The smallest absolute Gasteiger partial charge is 0.211 e. The van der Waals surface area contributed by atoms with E-state index in [4.69, 9.17) is 0 Å². The highest BCUT2D eigenvalue weighted by Gasteiger charge is 2.47. The zero-order valence-corrected chi connectivity index (χ0v) is 27.4. The molecular weight excluding hydrogens is 713 g/mol. The molecule has 13 heteroatoms. The van der Waals surface area contributed by atoms with Crippen molar-refractivity contribution in [2.24, 2.45) is 11.8 Å². The van der Waals surface area contributed by atoms with Crippen molar-refractivity contribution in [2.45, 2.75) is 26.2 Å². The first-order valence-electron chi connectivity index (χ1n) is 15.3. The lowest BCUT2D eigenvalue weighted by molar-refractivity contribution is -0.176. The van der Waals surface area contributed by atoms with Gasteiger partial charge in [-0.25, -0.2) is 13.2 Å². The van der Waals surface area contributed by atoms with Crippen molar-refractivity contribution in [2.75, 3.05) is 0 Å². The summed E-state index contributed by atoms with van der Waals surface area (Å²) in [5.41, 5.74) is 2.37. The fourth-order valence-corrected chi connectivity index (χ4v) is 8.73. The van der Waals surface area contributed by atoms with E-state index >= 15 is 0 Å². The molecule has 4 aromatic rings. The van der Waals surface area contributed by atoms with Crippen LogP contribution in [0, 0.1) is 57.5 Å². The van der Waals surface area contributed by atoms with E-state index in [1.807, 2.05) is 12.1 Å². The van der Waals surface area contributed by atoms with Crippen LogP contribution in [0.25, 0.3) is 50.1 Å². The molecule has 52 heavy (non-hydrogen) atoms. The Labute approximate surface area is 293 Å². The Morgan fingerprint density at radius 3 is 1.75 bits per heavy atom. The summed E-state index contributed by atoms with van der Waals surface area (Å²) in [6, 6.07) is 16.5. The quantitative estimate of drug-likeness (QED) is 0.131. The van der Waals surface area contributed by atoms with Gasteiger partial charge in [-0.3, -0.25) is 0 Å². The van der Waals surface area contributed by atoms with E-state index in [1.165, 1.54) is 36.5 Å². The lowest BCUT2D eigenvalue weighted by Gasteiger charge is -2.27. The maximum absolute atomic E-state index is 14.8. The number of fused-ring (bicyclic) bond motifs is 7. The minimum atomic E-state index is -5.25. The fourth-order valence-electron chi connectivity index (χ4n) is 7.21. The number of alkyl halides is 6. The van der Waals surface area contributed by atoms with Crippen molar-refractivity contribution in [1.82, 2.24) is 0 Å². The van der Waals surface area contributed by atoms with Crippen molar-refractivity contribution < 1.29 is 39.5 Å². The third-order valence-electron chi connectivity index (χ3n) is 9.40. The zero-order chi connectivity index (χ0) is 37.6. The number of rotatable bonds is 2. The van der Waals surface area contributed by atoms with Gasteiger partial charge in [-0.15, -0.1) is 11.3 Å². The van der Waals surface area contributed by atoms with E-state index in [2.05, 4.69) is 6.07 Å². The van der Waals surface area contributed by atoms with Crippen LogP contribution in [0.5, 0.6) is 0 Å². The van der Waals surface area contributed by atoms with Crippen LogP contribution in [-0.4, -0.2) is 6.18 Å². The molecule has 0 N–H and O–H groups in total. The first kappa shape index (κ1) is 34.6. The minimum Gasteiger partial charge on any atom is -0.211 e. The topological polar surface area (TPSA) is 71.4 Å². The first-order valence-corrected chi connectivity index (χ1v) is 16.2. The summed E-state index contributed by atoms with van der Waals surface area (Å²) in [7, 11) is 0. The van der Waals surface area contributed by atoms with Crippen molar-refractivity contribution >= 4 is 28.1 Å². The molecule has 0 saturated heterocycles. The highest BCUT2D eigenvalue weighted by atomic mass is 32.1. The van der Waals surface area contributed by atoms with Gasteiger partial charge >= 0.3 is 12.4 Å². The molecule has 0 aliphatic heterocycles. The van der Waals surface area contributed by atoms with Crippen LogP contribution in [0.1, 0.15) is 45.9 Å². The van der Waals surface area contributed by atoms with Gasteiger partial charge < -0.3 is 0 Å². The summed E-state index contributed by atoms with van der Waals surface area (Å²) in [6.07, 6.45) is -7.91. The van der Waals surface area contributed by atoms with Crippen LogP contribution < -0.4 is 0 Å². The molecule has 1 aromatic heterocycles. The Kier molecular flexibility index (Phi) is 7.89. The number of thiophene rings is 1. The molecule has 2 unspecified atom stereocenters. The van der Waals surface area contributed by atoms with Crippen molar-refractivity contribution in [3.05, 3.63) is 121 Å². The molecule has 0 amide bonds. The van der Waals surface area contributed by atoms with Crippen molar-refractivity contribution in [1.29, 1.82) is 15.8 Å². The number of nitrogens with zero attached hydrogens (tertiary/aromatic N) is 3. The second-order valence-corrected chi connectivity index (χ2v) is 13.5. The molecule has 3 aromatic carbocycles. The Morgan fingerprint density at radius 1 is 0.692 bits per heavy atom. The van der Waals surface area contributed by atoms with Crippen LogP contribution in [0.4, 0.5) is 39.5 Å². The second-order valence-electron chi connectivity index (χ2n) is 12.5. The largest absolute Gasteiger partial charge is 0.422 e. The van der Waals surface area contributed by atoms with Crippen LogP contribution in [0.2, 0.25) is 0 Å². The van der Waals surface area contributed by atoms with Crippen molar-refractivity contribution in [3.8, 4) is 51.6 Å². The number of hydrogen-bond donors (Lipinski definition) is 0. The summed E-state index contributed by atoms with van der Waals surface area (Å²) >= 11 is 1.17. The molecule has 1 heterocycles. The molecule has 0 spiro atoms. The number of halogens is 9. The molecule has 258 valence electrons. The number of nitriles is 3. The second kappa shape index (κ2) is 11.9. The average Bonchev–Trinajstić information content (AvgIpc) is 3.68. The van der Waals surface area contributed by atoms with Gasteiger partial charge in [-0.05, 0) is 87.7 Å². The molecule has 2 atom stereocenters. The third-order valence-corrected chi connectivity index (χ3v) is 10.6. The van der Waals surface area contributed by atoms with Gasteiger partial charge in [0.2, 0.25) is 0 Å². The number of allylic oxidation sites excluding steroid dienone is 6. The maximum Gasteiger partial charge on any atom is 0.422 e. The molecule has 0 fully saturated rings. The van der Waals surface area contributed by atoms with Gasteiger partial charge in [0.1, 0.15) is 46.7 Å². The van der Waals surface area contributed by atoms with E-state index < -0.39 is 47.2 Å². The van der Waals surface area contributed by atoms with Crippen LogP contribution in [0.15, 0.2) is 77.7 Å². The normalized spacial score (nSPS) is 18.3. The van der Waals surface area contributed by atoms with E-state index in [0.29, 0.717) is 66.4 Å². The monoisotopic (exact) mass is 731 g/mol. The lowest BCUT2D eigenvalue weighted by atomic mass is 9.83. The fraction of sp³-hybridized carbons (Fsp3) is 0.154. The summed E-state index contributed by atoms with van der Waals surface area (Å²) < 4.78 is 124. The predicted molar refractivity (Wildman–Crippen MR) is 176 cm³/mol. The number of hydrogen-bond acceptors (Lipinski definition) is 4. The molecule has 3 aliphatic carbocycles. The molecular formula is C39H18F9N3S. The van der Waals surface area contributed by atoms with E-state index in [9.17, 15) is 55.3 Å². The van der Waals surface area contributed by atoms with E-state index in [-0.39, 0.29) is 33.4 Å². The van der Waals surface area contributed by atoms with E-state index in [1.54, 1.807) is 31.2 Å². The van der Waals surface area contributed by atoms with Gasteiger partial charge in [0.15, 0.2) is 0 Å². The minimum absolute atomic E-state index is 0.172. The van der Waals surface area contributed by atoms with Gasteiger partial charge in [-0.1, -0.05) is 37.3 Å². The molecule has 3 aliphatic rings. The highest BCUT2D eigenvalue weighted by molar-refractivity contribution is 7.16. The average molecular weight is 732 g/mol. The van der Waals surface area contributed by atoms with Crippen molar-refractivity contribution in [3.63, 3.8) is 0 Å². The maximum atomic E-state index is 14.8. The Balaban J connectivity index is 1.42. The Morgan fingerprint density at radius 2 is 1.23 bits per heavy atom. The SMILES string of the molecule is C/C(C#N)=C1/c2cc(-c3cc(F)c(C(F)(F)F)c(F)c3)ccc2-c2c1sc1c2-c2ccc(C3=CC(C)C(C(F)(F)F)C(F)=C3)cc2C1=C(C#N)C#N. The predicted octanol–water partition coefficient (Wildman–Crippen LogP) is 11.9. The summed E-state index contributed by atoms with van der Waals surface area (Å²) in [6.45, 7) is 2.81. The molecule has 0 radical (unpaired) electrons. The molecule has 7 rings (SSSR count). The Bertz CT molecular complexity index is 2500. The lowest BCUT2D eigenvalue weighted by Crippen LogP contribution is -2.30. The number of benzene rings is 3. The third kappa shape index (κ3) is 5.17. The van der Waals surface area contributed by atoms with Crippen LogP contribution in [-0.2, 0) is 6.18 Å². The van der Waals surface area contributed by atoms with Gasteiger partial charge in [0.25, 0.3) is 0 Å². The highest BCUT2D eigenvalue weighted by Crippen LogP contribution is 2.62. The van der Waals surface area contributed by atoms with Crippen LogP contribution in [0.3, 0.4) is 0 Å². The van der Waals surface area contributed by atoms with Gasteiger partial charge in [0, 0.05) is 37.6 Å². The molecule has 3 nitrogen and oxygen atoms in total.